The molecule has 0 aromatic heterocycles. The van der Waals surface area contributed by atoms with Gasteiger partial charge in [0.05, 0.1) is 12.0 Å². The Labute approximate surface area is 115 Å². The third kappa shape index (κ3) is 2.64. The summed E-state index contributed by atoms with van der Waals surface area (Å²) in [4.78, 5) is 17.4. The molecule has 2 aliphatic heterocycles. The van der Waals surface area contributed by atoms with Gasteiger partial charge in [-0.3, -0.25) is 9.69 Å². The average molecular weight is 267 g/mol. The lowest BCUT2D eigenvalue weighted by molar-refractivity contribution is -0.146. The van der Waals surface area contributed by atoms with Gasteiger partial charge >= 0.3 is 0 Å². The fraction of sp³-hybridized carbons (Fsp3) is 0.929. The number of hydrogen-bond acceptors (Lipinski definition) is 4. The summed E-state index contributed by atoms with van der Waals surface area (Å²) in [6.45, 7) is 6.11. The molecule has 19 heavy (non-hydrogen) atoms. The van der Waals surface area contributed by atoms with Gasteiger partial charge in [-0.05, 0) is 25.8 Å². The summed E-state index contributed by atoms with van der Waals surface area (Å²) >= 11 is 0. The number of piperazine rings is 1. The highest BCUT2D eigenvalue weighted by molar-refractivity contribution is 5.83. The zero-order chi connectivity index (χ0) is 13.3. The van der Waals surface area contributed by atoms with E-state index in [1.165, 1.54) is 12.8 Å². The van der Waals surface area contributed by atoms with Crippen LogP contribution in [0.25, 0.3) is 0 Å². The first-order chi connectivity index (χ1) is 9.25. The SMILES string of the molecule is COCC1(C(=O)N2CCN(C3CC3)CC2)CCNC1. The van der Waals surface area contributed by atoms with Crippen molar-refractivity contribution in [3.8, 4) is 0 Å². The van der Waals surface area contributed by atoms with Crippen molar-refractivity contribution in [1.29, 1.82) is 0 Å². The molecule has 2 saturated heterocycles. The zero-order valence-electron chi connectivity index (χ0n) is 11.9. The minimum absolute atomic E-state index is 0.301. The Morgan fingerprint density at radius 2 is 2.05 bits per heavy atom. The van der Waals surface area contributed by atoms with Crippen molar-refractivity contribution in [3.63, 3.8) is 0 Å². The van der Waals surface area contributed by atoms with Gasteiger partial charge in [-0.1, -0.05) is 0 Å². The molecule has 0 radical (unpaired) electrons. The molecule has 1 unspecified atom stereocenters. The molecule has 0 spiro atoms. The van der Waals surface area contributed by atoms with Crippen LogP contribution in [0.3, 0.4) is 0 Å². The second-order valence-electron chi connectivity index (χ2n) is 6.20. The molecule has 2 heterocycles. The maximum absolute atomic E-state index is 12.8. The second kappa shape index (κ2) is 5.38. The van der Waals surface area contributed by atoms with Crippen LogP contribution in [0.15, 0.2) is 0 Å². The molecule has 108 valence electrons. The van der Waals surface area contributed by atoms with Gasteiger partial charge in [0.25, 0.3) is 0 Å². The van der Waals surface area contributed by atoms with Gasteiger partial charge in [0.15, 0.2) is 0 Å². The Morgan fingerprint density at radius 1 is 1.32 bits per heavy atom. The molecule has 0 aromatic rings. The smallest absolute Gasteiger partial charge is 0.232 e. The van der Waals surface area contributed by atoms with Crippen molar-refractivity contribution in [1.82, 2.24) is 15.1 Å². The van der Waals surface area contributed by atoms with E-state index in [2.05, 4.69) is 15.1 Å². The lowest BCUT2D eigenvalue weighted by Gasteiger charge is -2.39. The lowest BCUT2D eigenvalue weighted by Crippen LogP contribution is -2.55. The van der Waals surface area contributed by atoms with Gasteiger partial charge in [0, 0.05) is 45.9 Å². The molecule has 1 N–H and O–H groups in total. The van der Waals surface area contributed by atoms with E-state index < -0.39 is 0 Å². The van der Waals surface area contributed by atoms with Crippen molar-refractivity contribution < 1.29 is 9.53 Å². The third-order valence-corrected chi connectivity index (χ3v) is 4.78. The number of rotatable bonds is 4. The van der Waals surface area contributed by atoms with E-state index in [1.54, 1.807) is 7.11 Å². The van der Waals surface area contributed by atoms with Gasteiger partial charge in [0.1, 0.15) is 0 Å². The first kappa shape index (κ1) is 13.3. The van der Waals surface area contributed by atoms with Crippen LogP contribution >= 0.6 is 0 Å². The summed E-state index contributed by atoms with van der Waals surface area (Å²) in [7, 11) is 1.69. The molecule has 1 saturated carbocycles. The van der Waals surface area contributed by atoms with Crippen LogP contribution in [0, 0.1) is 5.41 Å². The van der Waals surface area contributed by atoms with Crippen molar-refractivity contribution >= 4 is 5.91 Å². The largest absolute Gasteiger partial charge is 0.384 e. The number of hydrogen-bond donors (Lipinski definition) is 1. The highest BCUT2D eigenvalue weighted by Gasteiger charge is 2.44. The van der Waals surface area contributed by atoms with E-state index in [4.69, 9.17) is 4.74 Å². The molecular formula is C14H25N3O2. The molecule has 5 heteroatoms. The summed E-state index contributed by atoms with van der Waals surface area (Å²) in [6, 6.07) is 0.818. The molecule has 1 atom stereocenters. The second-order valence-corrected chi connectivity index (χ2v) is 6.20. The Kier molecular flexibility index (Phi) is 3.78. The minimum Gasteiger partial charge on any atom is -0.384 e. The maximum atomic E-state index is 12.8. The quantitative estimate of drug-likeness (QED) is 0.774. The first-order valence-corrected chi connectivity index (χ1v) is 7.48. The number of carbonyl (C=O) groups is 1. The Morgan fingerprint density at radius 3 is 2.58 bits per heavy atom. The molecule has 3 rings (SSSR count). The summed E-state index contributed by atoms with van der Waals surface area (Å²) in [6.07, 6.45) is 3.61. The molecule has 0 aromatic carbocycles. The fourth-order valence-electron chi connectivity index (χ4n) is 3.45. The van der Waals surface area contributed by atoms with Gasteiger partial charge in [-0.2, -0.15) is 0 Å². The van der Waals surface area contributed by atoms with Gasteiger partial charge < -0.3 is 15.0 Å². The molecule has 3 aliphatic rings. The summed E-state index contributed by atoms with van der Waals surface area (Å²) in [5.74, 6) is 0.301. The Bertz CT molecular complexity index is 330. The van der Waals surface area contributed by atoms with Gasteiger partial charge in [-0.15, -0.1) is 0 Å². The predicted molar refractivity (Wildman–Crippen MR) is 73.0 cm³/mol. The standard InChI is InChI=1S/C14H25N3O2/c1-19-11-14(4-5-15-10-14)13(18)17-8-6-16(7-9-17)12-2-3-12/h12,15H,2-11H2,1H3. The summed E-state index contributed by atoms with van der Waals surface area (Å²) < 4.78 is 5.31. The molecule has 3 fully saturated rings. The minimum atomic E-state index is -0.309. The Balaban J connectivity index is 1.59. The Hall–Kier alpha value is -0.650. The molecule has 0 bridgehead atoms. The van der Waals surface area contributed by atoms with Crippen LogP contribution in [0.1, 0.15) is 19.3 Å². The maximum Gasteiger partial charge on any atom is 0.232 e. The van der Waals surface area contributed by atoms with Gasteiger partial charge in [-0.25, -0.2) is 0 Å². The first-order valence-electron chi connectivity index (χ1n) is 7.48. The van der Waals surface area contributed by atoms with Crippen molar-refractivity contribution in [2.45, 2.75) is 25.3 Å². The summed E-state index contributed by atoms with van der Waals surface area (Å²) in [5, 5.41) is 3.32. The van der Waals surface area contributed by atoms with Crippen LogP contribution in [-0.2, 0) is 9.53 Å². The van der Waals surface area contributed by atoms with E-state index in [-0.39, 0.29) is 5.41 Å². The van der Waals surface area contributed by atoms with Crippen LogP contribution < -0.4 is 5.32 Å². The molecule has 5 nitrogen and oxygen atoms in total. The predicted octanol–water partition coefficient (Wildman–Crippen LogP) is -0.0809. The number of carbonyl (C=O) groups excluding carboxylic acids is 1. The van der Waals surface area contributed by atoms with Crippen LogP contribution in [0.5, 0.6) is 0 Å². The number of methoxy groups -OCH3 is 1. The number of nitrogens with one attached hydrogen (secondary N) is 1. The van der Waals surface area contributed by atoms with Crippen LogP contribution in [0.2, 0.25) is 0 Å². The van der Waals surface area contributed by atoms with Crippen LogP contribution in [-0.4, -0.2) is 74.7 Å². The van der Waals surface area contributed by atoms with Crippen molar-refractivity contribution in [3.05, 3.63) is 0 Å². The summed E-state index contributed by atoms with van der Waals surface area (Å²) in [5.41, 5.74) is -0.309. The normalized spacial score (nSPS) is 32.8. The molecule has 1 aliphatic carbocycles. The number of ether oxygens (including phenoxy) is 1. The average Bonchev–Trinajstić information content (AvgIpc) is 3.19. The van der Waals surface area contributed by atoms with E-state index in [1.807, 2.05) is 0 Å². The zero-order valence-corrected chi connectivity index (χ0v) is 11.9. The van der Waals surface area contributed by atoms with Crippen molar-refractivity contribution in [2.75, 3.05) is 53.0 Å². The van der Waals surface area contributed by atoms with Gasteiger partial charge in [0.2, 0.25) is 5.91 Å². The van der Waals surface area contributed by atoms with E-state index in [9.17, 15) is 4.79 Å². The molecular weight excluding hydrogens is 242 g/mol. The number of nitrogens with zero attached hydrogens (tertiary/aromatic N) is 2. The van der Waals surface area contributed by atoms with Crippen LogP contribution in [0.4, 0.5) is 0 Å². The molecule has 1 amide bonds. The van der Waals surface area contributed by atoms with E-state index >= 15 is 0 Å². The van der Waals surface area contributed by atoms with Crippen molar-refractivity contribution in [2.24, 2.45) is 5.41 Å². The van der Waals surface area contributed by atoms with E-state index in [0.717, 1.165) is 51.7 Å². The highest BCUT2D eigenvalue weighted by atomic mass is 16.5. The highest BCUT2D eigenvalue weighted by Crippen LogP contribution is 2.31. The third-order valence-electron chi connectivity index (χ3n) is 4.78. The fourth-order valence-corrected chi connectivity index (χ4v) is 3.45. The lowest BCUT2D eigenvalue weighted by atomic mass is 9.86. The number of amides is 1. The monoisotopic (exact) mass is 267 g/mol. The topological polar surface area (TPSA) is 44.8 Å². The van der Waals surface area contributed by atoms with E-state index in [0.29, 0.717) is 12.5 Å².